The second kappa shape index (κ2) is 4.14. The zero-order valence-corrected chi connectivity index (χ0v) is 8.34. The van der Waals surface area contributed by atoms with Crippen molar-refractivity contribution in [1.82, 2.24) is 4.90 Å². The SMILES string of the molecule is OC[C@@H]1[C@H](O)[C@@H](O)C[C@H]2CCCCN21. The number of hydrogen-bond donors (Lipinski definition) is 3. The summed E-state index contributed by atoms with van der Waals surface area (Å²) in [4.78, 5) is 2.17. The first-order valence-electron chi connectivity index (χ1n) is 5.46. The molecule has 2 fully saturated rings. The molecule has 3 N–H and O–H groups in total. The average Bonchev–Trinajstić information content (AvgIpc) is 2.20. The van der Waals surface area contributed by atoms with Crippen molar-refractivity contribution < 1.29 is 15.3 Å². The standard InChI is InChI=1S/C10H19NO3/c12-6-8-10(14)9(13)5-7-3-1-2-4-11(7)8/h7-10,12-14H,1-6H2/t7-,8-,9+,10+/m1/s1. The van der Waals surface area contributed by atoms with E-state index in [0.29, 0.717) is 12.5 Å². The first-order chi connectivity index (χ1) is 6.74. The molecule has 2 rings (SSSR count). The van der Waals surface area contributed by atoms with Crippen LogP contribution in [0.2, 0.25) is 0 Å². The van der Waals surface area contributed by atoms with Crippen molar-refractivity contribution >= 4 is 0 Å². The van der Waals surface area contributed by atoms with Crippen molar-refractivity contribution in [2.75, 3.05) is 13.2 Å². The predicted molar refractivity (Wildman–Crippen MR) is 51.8 cm³/mol. The van der Waals surface area contributed by atoms with Crippen molar-refractivity contribution in [2.24, 2.45) is 0 Å². The monoisotopic (exact) mass is 201 g/mol. The highest BCUT2D eigenvalue weighted by Gasteiger charge is 2.41. The lowest BCUT2D eigenvalue weighted by Gasteiger charge is -2.48. The van der Waals surface area contributed by atoms with Crippen LogP contribution in [0.3, 0.4) is 0 Å². The summed E-state index contributed by atoms with van der Waals surface area (Å²) in [7, 11) is 0. The van der Waals surface area contributed by atoms with Crippen LogP contribution in [0.4, 0.5) is 0 Å². The summed E-state index contributed by atoms with van der Waals surface area (Å²) in [5, 5.41) is 28.6. The molecule has 82 valence electrons. The van der Waals surface area contributed by atoms with Crippen molar-refractivity contribution in [3.8, 4) is 0 Å². The van der Waals surface area contributed by atoms with Crippen LogP contribution in [0.5, 0.6) is 0 Å². The molecule has 2 aliphatic rings. The molecule has 0 aromatic carbocycles. The lowest BCUT2D eigenvalue weighted by atomic mass is 9.85. The Balaban J connectivity index is 2.10. The van der Waals surface area contributed by atoms with Crippen LogP contribution in [0.1, 0.15) is 25.7 Å². The molecule has 2 heterocycles. The summed E-state index contributed by atoms with van der Waals surface area (Å²) in [5.74, 6) is 0. The maximum absolute atomic E-state index is 9.72. The summed E-state index contributed by atoms with van der Waals surface area (Å²) < 4.78 is 0. The topological polar surface area (TPSA) is 63.9 Å². The van der Waals surface area contributed by atoms with Crippen molar-refractivity contribution in [2.45, 2.75) is 50.0 Å². The van der Waals surface area contributed by atoms with Gasteiger partial charge in [0.25, 0.3) is 0 Å². The first kappa shape index (κ1) is 10.4. The van der Waals surface area contributed by atoms with Crippen molar-refractivity contribution in [1.29, 1.82) is 0 Å². The fourth-order valence-electron chi connectivity index (χ4n) is 2.80. The van der Waals surface area contributed by atoms with Gasteiger partial charge in [-0.15, -0.1) is 0 Å². The van der Waals surface area contributed by atoms with Crippen LogP contribution in [-0.4, -0.2) is 57.7 Å². The zero-order chi connectivity index (χ0) is 10.1. The summed E-state index contributed by atoms with van der Waals surface area (Å²) in [6.45, 7) is 0.883. The highest BCUT2D eigenvalue weighted by molar-refractivity contribution is 4.96. The van der Waals surface area contributed by atoms with E-state index in [9.17, 15) is 15.3 Å². The van der Waals surface area contributed by atoms with Crippen LogP contribution in [0.15, 0.2) is 0 Å². The van der Waals surface area contributed by atoms with Crippen LogP contribution in [0.25, 0.3) is 0 Å². The number of nitrogens with zero attached hydrogens (tertiary/aromatic N) is 1. The summed E-state index contributed by atoms with van der Waals surface area (Å²) in [5.41, 5.74) is 0. The Bertz CT molecular complexity index is 200. The van der Waals surface area contributed by atoms with Gasteiger partial charge in [0, 0.05) is 6.04 Å². The van der Waals surface area contributed by atoms with Gasteiger partial charge in [-0.3, -0.25) is 4.90 Å². The van der Waals surface area contributed by atoms with E-state index in [4.69, 9.17) is 0 Å². The fourth-order valence-corrected chi connectivity index (χ4v) is 2.80. The van der Waals surface area contributed by atoms with Gasteiger partial charge in [-0.25, -0.2) is 0 Å². The van der Waals surface area contributed by atoms with E-state index >= 15 is 0 Å². The number of fused-ring (bicyclic) bond motifs is 1. The molecule has 0 aromatic rings. The second-order valence-electron chi connectivity index (χ2n) is 4.43. The molecule has 14 heavy (non-hydrogen) atoms. The Morgan fingerprint density at radius 2 is 2.00 bits per heavy atom. The molecule has 4 nitrogen and oxygen atoms in total. The highest BCUT2D eigenvalue weighted by Crippen LogP contribution is 2.30. The van der Waals surface area contributed by atoms with Gasteiger partial charge < -0.3 is 15.3 Å². The Kier molecular flexibility index (Phi) is 3.07. The van der Waals surface area contributed by atoms with Crippen molar-refractivity contribution in [3.63, 3.8) is 0 Å². The van der Waals surface area contributed by atoms with Gasteiger partial charge in [0.1, 0.15) is 0 Å². The number of piperidine rings is 2. The Morgan fingerprint density at radius 1 is 1.21 bits per heavy atom. The number of aliphatic hydroxyl groups excluding tert-OH is 3. The molecule has 0 saturated carbocycles. The third-order valence-corrected chi connectivity index (χ3v) is 3.59. The van der Waals surface area contributed by atoms with E-state index in [0.717, 1.165) is 19.4 Å². The van der Waals surface area contributed by atoms with Crippen LogP contribution in [-0.2, 0) is 0 Å². The largest absolute Gasteiger partial charge is 0.395 e. The molecule has 4 heteroatoms. The van der Waals surface area contributed by atoms with Gasteiger partial charge in [0.05, 0.1) is 24.9 Å². The van der Waals surface area contributed by atoms with Gasteiger partial charge in [-0.2, -0.15) is 0 Å². The smallest absolute Gasteiger partial charge is 0.0976 e. The molecule has 2 saturated heterocycles. The summed E-state index contributed by atoms with van der Waals surface area (Å²) >= 11 is 0. The van der Waals surface area contributed by atoms with Crippen molar-refractivity contribution in [3.05, 3.63) is 0 Å². The minimum absolute atomic E-state index is 0.0608. The molecule has 4 atom stereocenters. The number of rotatable bonds is 1. The molecule has 2 aliphatic heterocycles. The molecule has 0 aliphatic carbocycles. The Hall–Kier alpha value is -0.160. The minimum Gasteiger partial charge on any atom is -0.395 e. The van der Waals surface area contributed by atoms with Crippen LogP contribution >= 0.6 is 0 Å². The quantitative estimate of drug-likeness (QED) is 0.526. The number of hydrogen-bond acceptors (Lipinski definition) is 4. The van der Waals surface area contributed by atoms with E-state index in [1.807, 2.05) is 0 Å². The summed E-state index contributed by atoms with van der Waals surface area (Å²) in [6.07, 6.45) is 2.62. The zero-order valence-electron chi connectivity index (χ0n) is 8.34. The highest BCUT2D eigenvalue weighted by atomic mass is 16.3. The molecular weight excluding hydrogens is 182 g/mol. The van der Waals surface area contributed by atoms with Crippen LogP contribution in [0, 0.1) is 0 Å². The van der Waals surface area contributed by atoms with Gasteiger partial charge in [-0.05, 0) is 25.8 Å². The minimum atomic E-state index is -0.783. The van der Waals surface area contributed by atoms with Gasteiger partial charge >= 0.3 is 0 Å². The predicted octanol–water partition coefficient (Wildman–Crippen LogP) is -0.673. The van der Waals surface area contributed by atoms with E-state index in [2.05, 4.69) is 4.90 Å². The van der Waals surface area contributed by atoms with E-state index in [1.54, 1.807) is 0 Å². The lowest BCUT2D eigenvalue weighted by molar-refractivity contribution is -0.120. The van der Waals surface area contributed by atoms with Gasteiger partial charge in [0.2, 0.25) is 0 Å². The molecule has 0 radical (unpaired) electrons. The average molecular weight is 201 g/mol. The maximum Gasteiger partial charge on any atom is 0.0976 e. The molecule has 0 amide bonds. The molecule has 0 bridgehead atoms. The second-order valence-corrected chi connectivity index (χ2v) is 4.43. The number of aliphatic hydroxyl groups is 3. The molecular formula is C10H19NO3. The third kappa shape index (κ3) is 1.67. The Labute approximate surface area is 84.2 Å². The van der Waals surface area contributed by atoms with Gasteiger partial charge in [-0.1, -0.05) is 6.42 Å². The van der Waals surface area contributed by atoms with E-state index < -0.39 is 12.2 Å². The third-order valence-electron chi connectivity index (χ3n) is 3.59. The maximum atomic E-state index is 9.72. The first-order valence-corrected chi connectivity index (χ1v) is 5.46. The molecule has 0 aromatic heterocycles. The molecule has 0 spiro atoms. The normalized spacial score (nSPS) is 44.8. The Morgan fingerprint density at radius 3 is 2.71 bits per heavy atom. The fraction of sp³-hybridized carbons (Fsp3) is 1.00. The van der Waals surface area contributed by atoms with Crippen LogP contribution < -0.4 is 0 Å². The van der Waals surface area contributed by atoms with E-state index in [-0.39, 0.29) is 12.6 Å². The van der Waals surface area contributed by atoms with E-state index in [1.165, 1.54) is 6.42 Å². The van der Waals surface area contributed by atoms with Gasteiger partial charge in [0.15, 0.2) is 0 Å². The molecule has 0 unspecified atom stereocenters. The summed E-state index contributed by atoms with van der Waals surface area (Å²) in [6, 6.07) is 0.100. The lowest BCUT2D eigenvalue weighted by Crippen LogP contribution is -2.61.